The van der Waals surface area contributed by atoms with E-state index in [1.807, 2.05) is 0 Å². The van der Waals surface area contributed by atoms with Gasteiger partial charge in [0.15, 0.2) is 0 Å². The summed E-state index contributed by atoms with van der Waals surface area (Å²) >= 11 is 0. The Kier molecular flexibility index (Phi) is 7.21. The van der Waals surface area contributed by atoms with E-state index in [-0.39, 0.29) is 5.91 Å². The van der Waals surface area contributed by atoms with Gasteiger partial charge >= 0.3 is 0 Å². The molecule has 3 N–H and O–H groups in total. The highest BCUT2D eigenvalue weighted by Gasteiger charge is 2.20. The highest BCUT2D eigenvalue weighted by molar-refractivity contribution is 5.75. The number of nitrogens with two attached hydrogens (primary N) is 1. The molecule has 1 atom stereocenters. The van der Waals surface area contributed by atoms with Crippen LogP contribution < -0.4 is 11.1 Å². The molecular formula is C13H26N2O2. The van der Waals surface area contributed by atoms with E-state index >= 15 is 0 Å². The molecule has 1 fully saturated rings. The second kappa shape index (κ2) is 8.48. The van der Waals surface area contributed by atoms with Crippen LogP contribution in [0.25, 0.3) is 0 Å². The molecule has 0 aliphatic heterocycles. The molecule has 0 spiro atoms. The van der Waals surface area contributed by atoms with Gasteiger partial charge in [-0.3, -0.25) is 4.79 Å². The molecule has 100 valence electrons. The normalized spacial score (nSPS) is 16.8. The number of hydrogen-bond acceptors (Lipinski definition) is 3. The fourth-order valence-electron chi connectivity index (χ4n) is 1.69. The zero-order valence-corrected chi connectivity index (χ0v) is 10.9. The fourth-order valence-corrected chi connectivity index (χ4v) is 1.69. The second-order valence-electron chi connectivity index (χ2n) is 5.09. The number of nitrogens with one attached hydrogen (secondary N) is 1. The number of hydrogen-bond donors (Lipinski definition) is 2. The van der Waals surface area contributed by atoms with E-state index in [1.54, 1.807) is 0 Å². The Morgan fingerprint density at radius 2 is 2.24 bits per heavy atom. The summed E-state index contributed by atoms with van der Waals surface area (Å²) in [4.78, 5) is 11.5. The predicted octanol–water partition coefficient (Wildman–Crippen LogP) is 1.29. The monoisotopic (exact) mass is 242 g/mol. The molecule has 0 radical (unpaired) electrons. The SMILES string of the molecule is CC(CCN)CCC(=O)NCCOCC1CC1. The van der Waals surface area contributed by atoms with Gasteiger partial charge in [-0.05, 0) is 44.1 Å². The van der Waals surface area contributed by atoms with Crippen LogP contribution in [0.2, 0.25) is 0 Å². The highest BCUT2D eigenvalue weighted by Crippen LogP contribution is 2.28. The van der Waals surface area contributed by atoms with E-state index in [9.17, 15) is 4.79 Å². The summed E-state index contributed by atoms with van der Waals surface area (Å²) < 4.78 is 5.44. The first-order chi connectivity index (χ1) is 8.22. The van der Waals surface area contributed by atoms with Crippen molar-refractivity contribution in [3.05, 3.63) is 0 Å². The molecule has 0 saturated heterocycles. The van der Waals surface area contributed by atoms with Crippen molar-refractivity contribution in [2.24, 2.45) is 17.6 Å². The molecule has 0 aromatic heterocycles. The minimum Gasteiger partial charge on any atom is -0.379 e. The Labute approximate surface area is 104 Å². The van der Waals surface area contributed by atoms with Crippen LogP contribution in [0, 0.1) is 11.8 Å². The molecule has 0 aromatic rings. The van der Waals surface area contributed by atoms with E-state index in [2.05, 4.69) is 12.2 Å². The molecule has 1 rings (SSSR count). The summed E-state index contributed by atoms with van der Waals surface area (Å²) in [7, 11) is 0. The van der Waals surface area contributed by atoms with Crippen molar-refractivity contribution in [2.45, 2.75) is 39.0 Å². The lowest BCUT2D eigenvalue weighted by atomic mass is 10.0. The van der Waals surface area contributed by atoms with Crippen molar-refractivity contribution in [1.29, 1.82) is 0 Å². The predicted molar refractivity (Wildman–Crippen MR) is 68.6 cm³/mol. The van der Waals surface area contributed by atoms with Crippen LogP contribution in [0.1, 0.15) is 39.0 Å². The van der Waals surface area contributed by atoms with Crippen LogP contribution in [0.3, 0.4) is 0 Å². The molecule has 1 aliphatic rings. The van der Waals surface area contributed by atoms with Gasteiger partial charge < -0.3 is 15.8 Å². The van der Waals surface area contributed by atoms with Gasteiger partial charge in [-0.15, -0.1) is 0 Å². The van der Waals surface area contributed by atoms with Crippen LogP contribution in [0.5, 0.6) is 0 Å². The largest absolute Gasteiger partial charge is 0.379 e. The maximum Gasteiger partial charge on any atom is 0.220 e. The zero-order chi connectivity index (χ0) is 12.5. The van der Waals surface area contributed by atoms with Crippen LogP contribution in [0.4, 0.5) is 0 Å². The van der Waals surface area contributed by atoms with E-state index in [0.717, 1.165) is 25.4 Å². The summed E-state index contributed by atoms with van der Waals surface area (Å²) in [5, 5.41) is 2.88. The number of carbonyl (C=O) groups is 1. The molecule has 1 amide bonds. The Balaban J connectivity index is 1.85. The first-order valence-corrected chi connectivity index (χ1v) is 6.77. The van der Waals surface area contributed by atoms with Gasteiger partial charge in [-0.1, -0.05) is 6.92 Å². The van der Waals surface area contributed by atoms with Crippen molar-refractivity contribution < 1.29 is 9.53 Å². The maximum atomic E-state index is 11.5. The third kappa shape index (κ3) is 8.16. The third-order valence-electron chi connectivity index (χ3n) is 3.14. The Hall–Kier alpha value is -0.610. The van der Waals surface area contributed by atoms with Gasteiger partial charge in [0.25, 0.3) is 0 Å². The molecule has 17 heavy (non-hydrogen) atoms. The lowest BCUT2D eigenvalue weighted by Gasteiger charge is -2.10. The molecule has 0 heterocycles. The van der Waals surface area contributed by atoms with Crippen molar-refractivity contribution in [1.82, 2.24) is 5.32 Å². The average Bonchev–Trinajstić information content (AvgIpc) is 3.10. The molecule has 4 heteroatoms. The van der Waals surface area contributed by atoms with Gasteiger partial charge in [0, 0.05) is 19.6 Å². The molecule has 0 bridgehead atoms. The summed E-state index contributed by atoms with van der Waals surface area (Å²) in [6.45, 7) is 4.98. The number of ether oxygens (including phenoxy) is 1. The van der Waals surface area contributed by atoms with E-state index in [0.29, 0.717) is 32.0 Å². The van der Waals surface area contributed by atoms with Crippen molar-refractivity contribution in [3.63, 3.8) is 0 Å². The lowest BCUT2D eigenvalue weighted by molar-refractivity contribution is -0.121. The molecule has 1 unspecified atom stereocenters. The maximum absolute atomic E-state index is 11.5. The molecule has 4 nitrogen and oxygen atoms in total. The molecule has 1 saturated carbocycles. The van der Waals surface area contributed by atoms with Gasteiger partial charge in [0.2, 0.25) is 5.91 Å². The van der Waals surface area contributed by atoms with Crippen LogP contribution in [-0.2, 0) is 9.53 Å². The first-order valence-electron chi connectivity index (χ1n) is 6.77. The van der Waals surface area contributed by atoms with Gasteiger partial charge in [-0.2, -0.15) is 0 Å². The molecular weight excluding hydrogens is 216 g/mol. The number of amides is 1. The van der Waals surface area contributed by atoms with Gasteiger partial charge in [0.05, 0.1) is 6.61 Å². The number of rotatable bonds is 10. The lowest BCUT2D eigenvalue weighted by Crippen LogP contribution is -2.27. The standard InChI is InChI=1S/C13H26N2O2/c1-11(6-7-14)2-5-13(16)15-8-9-17-10-12-3-4-12/h11-12H,2-10,14H2,1H3,(H,15,16). The van der Waals surface area contributed by atoms with Gasteiger partial charge in [-0.25, -0.2) is 0 Å². The van der Waals surface area contributed by atoms with E-state index < -0.39 is 0 Å². The second-order valence-corrected chi connectivity index (χ2v) is 5.09. The summed E-state index contributed by atoms with van der Waals surface area (Å²) in [6, 6.07) is 0. The third-order valence-corrected chi connectivity index (χ3v) is 3.14. The van der Waals surface area contributed by atoms with E-state index in [4.69, 9.17) is 10.5 Å². The van der Waals surface area contributed by atoms with Crippen LogP contribution in [-0.4, -0.2) is 32.2 Å². The number of carbonyl (C=O) groups excluding carboxylic acids is 1. The minimum absolute atomic E-state index is 0.129. The Morgan fingerprint density at radius 1 is 1.47 bits per heavy atom. The van der Waals surface area contributed by atoms with Crippen LogP contribution >= 0.6 is 0 Å². The van der Waals surface area contributed by atoms with Crippen molar-refractivity contribution in [2.75, 3.05) is 26.3 Å². The van der Waals surface area contributed by atoms with Gasteiger partial charge in [0.1, 0.15) is 0 Å². The van der Waals surface area contributed by atoms with Crippen molar-refractivity contribution >= 4 is 5.91 Å². The first kappa shape index (κ1) is 14.5. The van der Waals surface area contributed by atoms with Crippen LogP contribution in [0.15, 0.2) is 0 Å². The quantitative estimate of drug-likeness (QED) is 0.567. The fraction of sp³-hybridized carbons (Fsp3) is 0.923. The summed E-state index contributed by atoms with van der Waals surface area (Å²) in [5.41, 5.74) is 5.46. The zero-order valence-electron chi connectivity index (χ0n) is 10.9. The summed E-state index contributed by atoms with van der Waals surface area (Å²) in [5.74, 6) is 1.46. The average molecular weight is 242 g/mol. The molecule has 0 aromatic carbocycles. The molecule has 1 aliphatic carbocycles. The highest BCUT2D eigenvalue weighted by atomic mass is 16.5. The smallest absolute Gasteiger partial charge is 0.220 e. The Morgan fingerprint density at radius 3 is 2.88 bits per heavy atom. The Bertz CT molecular complexity index is 217. The summed E-state index contributed by atoms with van der Waals surface area (Å²) in [6.07, 6.45) is 5.14. The van der Waals surface area contributed by atoms with E-state index in [1.165, 1.54) is 12.8 Å². The topological polar surface area (TPSA) is 64.4 Å². The minimum atomic E-state index is 0.129. The van der Waals surface area contributed by atoms with Crippen molar-refractivity contribution in [3.8, 4) is 0 Å².